The Balaban J connectivity index is 2.89. The minimum Gasteiger partial charge on any atom is -0.460 e. The number of nitrogens with two attached hydrogens (primary N) is 1. The second-order valence-corrected chi connectivity index (χ2v) is 6.11. The van der Waals surface area contributed by atoms with Gasteiger partial charge in [0, 0.05) is 6.04 Å². The highest BCUT2D eigenvalue weighted by atomic mass is 16.6. The molecule has 0 aliphatic carbocycles. The Bertz CT molecular complexity index is 404. The van der Waals surface area contributed by atoms with Crippen LogP contribution >= 0.6 is 0 Å². The van der Waals surface area contributed by atoms with Crippen LogP contribution in [0.2, 0.25) is 0 Å². The Labute approximate surface area is 109 Å². The van der Waals surface area contributed by atoms with E-state index in [-0.39, 0.29) is 12.0 Å². The van der Waals surface area contributed by atoms with E-state index in [1.54, 1.807) is 0 Å². The molecular weight excluding hydrogens is 226 g/mol. The third-order valence-electron chi connectivity index (χ3n) is 2.86. The van der Waals surface area contributed by atoms with Crippen LogP contribution in [0, 0.1) is 5.41 Å². The Morgan fingerprint density at radius 2 is 1.61 bits per heavy atom. The van der Waals surface area contributed by atoms with Crippen LogP contribution in [0.1, 0.15) is 46.2 Å². The summed E-state index contributed by atoms with van der Waals surface area (Å²) < 4.78 is 5.43. The van der Waals surface area contributed by atoms with Gasteiger partial charge in [-0.05, 0) is 40.2 Å². The predicted octanol–water partition coefficient (Wildman–Crippen LogP) is 3.05. The van der Waals surface area contributed by atoms with E-state index < -0.39 is 11.0 Å². The lowest BCUT2D eigenvalue weighted by atomic mass is 9.81. The molecule has 0 unspecified atom stereocenters. The van der Waals surface area contributed by atoms with Gasteiger partial charge in [0.25, 0.3) is 0 Å². The predicted molar refractivity (Wildman–Crippen MR) is 73.0 cm³/mol. The van der Waals surface area contributed by atoms with E-state index in [1.165, 1.54) is 0 Å². The zero-order valence-electron chi connectivity index (χ0n) is 11.9. The normalized spacial score (nSPS) is 14.1. The van der Waals surface area contributed by atoms with Gasteiger partial charge in [0.1, 0.15) is 5.60 Å². The highest BCUT2D eigenvalue weighted by molar-refractivity contribution is 5.77. The first-order chi connectivity index (χ1) is 8.14. The molecule has 0 heterocycles. The molecule has 0 aliphatic rings. The Morgan fingerprint density at radius 1 is 1.11 bits per heavy atom. The summed E-state index contributed by atoms with van der Waals surface area (Å²) in [4.78, 5) is 12.2. The number of hydrogen-bond acceptors (Lipinski definition) is 3. The second kappa shape index (κ2) is 5.11. The van der Waals surface area contributed by atoms with Crippen molar-refractivity contribution in [2.24, 2.45) is 11.1 Å². The van der Waals surface area contributed by atoms with Gasteiger partial charge in [-0.15, -0.1) is 0 Å². The van der Waals surface area contributed by atoms with Crippen LogP contribution < -0.4 is 5.73 Å². The zero-order valence-corrected chi connectivity index (χ0v) is 11.9. The van der Waals surface area contributed by atoms with E-state index in [1.807, 2.05) is 65.0 Å². The molecular formula is C15H23NO2. The van der Waals surface area contributed by atoms with E-state index in [4.69, 9.17) is 10.5 Å². The number of benzene rings is 1. The molecule has 3 nitrogen and oxygen atoms in total. The molecule has 0 amide bonds. The van der Waals surface area contributed by atoms with E-state index in [0.29, 0.717) is 0 Å². The topological polar surface area (TPSA) is 52.3 Å². The van der Waals surface area contributed by atoms with Crippen molar-refractivity contribution in [3.8, 4) is 0 Å². The first-order valence-corrected chi connectivity index (χ1v) is 6.18. The van der Waals surface area contributed by atoms with Crippen LogP contribution in [-0.4, -0.2) is 11.6 Å². The van der Waals surface area contributed by atoms with E-state index >= 15 is 0 Å². The summed E-state index contributed by atoms with van der Waals surface area (Å²) in [5.41, 5.74) is 5.88. The molecule has 1 atom stereocenters. The molecule has 0 radical (unpaired) electrons. The van der Waals surface area contributed by atoms with Crippen molar-refractivity contribution < 1.29 is 9.53 Å². The third-order valence-corrected chi connectivity index (χ3v) is 2.86. The smallest absolute Gasteiger partial charge is 0.313 e. The molecule has 1 rings (SSSR count). The van der Waals surface area contributed by atoms with Crippen LogP contribution in [0.5, 0.6) is 0 Å². The summed E-state index contributed by atoms with van der Waals surface area (Å²) in [5.74, 6) is -0.272. The van der Waals surface area contributed by atoms with Gasteiger partial charge in [-0.1, -0.05) is 30.3 Å². The number of hydrogen-bond donors (Lipinski definition) is 1. The lowest BCUT2D eigenvalue weighted by molar-refractivity contribution is -0.167. The maximum absolute atomic E-state index is 12.2. The van der Waals surface area contributed by atoms with E-state index in [9.17, 15) is 4.79 Å². The van der Waals surface area contributed by atoms with Crippen molar-refractivity contribution in [2.45, 2.75) is 46.3 Å². The second-order valence-electron chi connectivity index (χ2n) is 6.11. The number of carbonyl (C=O) groups is 1. The highest BCUT2D eigenvalue weighted by Crippen LogP contribution is 2.33. The largest absolute Gasteiger partial charge is 0.460 e. The van der Waals surface area contributed by atoms with Crippen molar-refractivity contribution in [1.82, 2.24) is 0 Å². The van der Waals surface area contributed by atoms with Gasteiger partial charge in [0.15, 0.2) is 0 Å². The number of rotatable bonds is 3. The van der Waals surface area contributed by atoms with Gasteiger partial charge < -0.3 is 10.5 Å². The van der Waals surface area contributed by atoms with Gasteiger partial charge in [-0.25, -0.2) is 0 Å². The van der Waals surface area contributed by atoms with Gasteiger partial charge in [-0.3, -0.25) is 4.79 Å². The average molecular weight is 249 g/mol. The fourth-order valence-electron chi connectivity index (χ4n) is 1.61. The Kier molecular flexibility index (Phi) is 4.17. The van der Waals surface area contributed by atoms with Gasteiger partial charge >= 0.3 is 5.97 Å². The lowest BCUT2D eigenvalue weighted by Gasteiger charge is -2.33. The quantitative estimate of drug-likeness (QED) is 0.838. The lowest BCUT2D eigenvalue weighted by Crippen LogP contribution is -2.41. The average Bonchev–Trinajstić information content (AvgIpc) is 2.27. The van der Waals surface area contributed by atoms with Crippen LogP contribution in [0.15, 0.2) is 30.3 Å². The summed E-state index contributed by atoms with van der Waals surface area (Å²) >= 11 is 0. The minimum atomic E-state index is -0.755. The highest BCUT2D eigenvalue weighted by Gasteiger charge is 2.38. The van der Waals surface area contributed by atoms with Gasteiger partial charge in [0.2, 0.25) is 0 Å². The van der Waals surface area contributed by atoms with Crippen molar-refractivity contribution in [2.75, 3.05) is 0 Å². The van der Waals surface area contributed by atoms with E-state index in [0.717, 1.165) is 5.56 Å². The summed E-state index contributed by atoms with van der Waals surface area (Å²) in [6.07, 6.45) is 0. The van der Waals surface area contributed by atoms with Crippen molar-refractivity contribution in [3.63, 3.8) is 0 Å². The summed E-state index contributed by atoms with van der Waals surface area (Å²) in [6, 6.07) is 9.24. The SMILES string of the molecule is CC(C)(C)OC(=O)C(C)(C)[C@@H](N)c1ccccc1. The molecule has 1 aromatic carbocycles. The monoisotopic (exact) mass is 249 g/mol. The maximum Gasteiger partial charge on any atom is 0.313 e. The number of esters is 1. The van der Waals surface area contributed by atoms with Crippen LogP contribution in [0.3, 0.4) is 0 Å². The van der Waals surface area contributed by atoms with Gasteiger partial charge in [-0.2, -0.15) is 0 Å². The Hall–Kier alpha value is -1.35. The fourth-order valence-corrected chi connectivity index (χ4v) is 1.61. The molecule has 3 heteroatoms. The molecule has 100 valence electrons. The van der Waals surface area contributed by atoms with Crippen molar-refractivity contribution in [3.05, 3.63) is 35.9 Å². The molecule has 0 saturated heterocycles. The summed E-state index contributed by atoms with van der Waals surface area (Å²) in [6.45, 7) is 9.20. The van der Waals surface area contributed by atoms with Crippen molar-refractivity contribution >= 4 is 5.97 Å². The third kappa shape index (κ3) is 3.57. The standard InChI is InChI=1S/C15H23NO2/c1-14(2,3)18-13(17)15(4,5)12(16)11-9-7-6-8-10-11/h6-10,12H,16H2,1-5H3/t12-/m0/s1. The molecule has 0 saturated carbocycles. The molecule has 0 spiro atoms. The number of ether oxygens (including phenoxy) is 1. The van der Waals surface area contributed by atoms with Crippen LogP contribution in [0.25, 0.3) is 0 Å². The summed E-state index contributed by atoms with van der Waals surface area (Å²) in [5, 5.41) is 0. The number of carbonyl (C=O) groups excluding carboxylic acids is 1. The first kappa shape index (κ1) is 14.7. The van der Waals surface area contributed by atoms with Crippen LogP contribution in [-0.2, 0) is 9.53 Å². The molecule has 0 aromatic heterocycles. The minimum absolute atomic E-state index is 0.272. The molecule has 0 aliphatic heterocycles. The van der Waals surface area contributed by atoms with Crippen molar-refractivity contribution in [1.29, 1.82) is 0 Å². The molecule has 2 N–H and O–H groups in total. The van der Waals surface area contributed by atoms with Crippen LogP contribution in [0.4, 0.5) is 0 Å². The first-order valence-electron chi connectivity index (χ1n) is 6.18. The maximum atomic E-state index is 12.2. The summed E-state index contributed by atoms with van der Waals surface area (Å²) in [7, 11) is 0. The fraction of sp³-hybridized carbons (Fsp3) is 0.533. The van der Waals surface area contributed by atoms with Gasteiger partial charge in [0.05, 0.1) is 5.41 Å². The molecule has 1 aromatic rings. The van der Waals surface area contributed by atoms with E-state index in [2.05, 4.69) is 0 Å². The zero-order chi connectivity index (χ0) is 14.0. The molecule has 18 heavy (non-hydrogen) atoms. The molecule has 0 bridgehead atoms. The Morgan fingerprint density at radius 3 is 2.06 bits per heavy atom. The molecule has 0 fully saturated rings.